The quantitative estimate of drug-likeness (QED) is 0.760. The first-order chi connectivity index (χ1) is 7.22. The summed E-state index contributed by atoms with van der Waals surface area (Å²) in [6.07, 6.45) is 0. The molecule has 15 heavy (non-hydrogen) atoms. The number of nitrogens with zero attached hydrogens (tertiary/aromatic N) is 2. The molecule has 4 nitrogen and oxygen atoms in total. The first kappa shape index (κ1) is 10.0. The maximum atomic E-state index is 13.0. The van der Waals surface area contributed by atoms with Crippen LogP contribution in [0.2, 0.25) is 0 Å². The molecule has 0 aliphatic rings. The van der Waals surface area contributed by atoms with Crippen molar-refractivity contribution in [2.45, 2.75) is 6.54 Å². The lowest BCUT2D eigenvalue weighted by molar-refractivity contribution is 0.626. The summed E-state index contributed by atoms with van der Waals surface area (Å²) in [6.45, 7) is 0.240. The fourth-order valence-corrected chi connectivity index (χ4v) is 1.60. The van der Waals surface area contributed by atoms with Gasteiger partial charge in [0.25, 0.3) is 0 Å². The van der Waals surface area contributed by atoms with Crippen molar-refractivity contribution in [3.8, 4) is 5.69 Å². The van der Waals surface area contributed by atoms with Crippen molar-refractivity contribution in [1.29, 1.82) is 0 Å². The first-order valence-corrected chi connectivity index (χ1v) is 4.75. The summed E-state index contributed by atoms with van der Waals surface area (Å²) in [6, 6.07) is 6.10. The lowest BCUT2D eigenvalue weighted by Crippen LogP contribution is -2.07. The third kappa shape index (κ3) is 1.81. The molecule has 0 aliphatic heterocycles. The molecule has 2 aromatic rings. The number of nitrogens with two attached hydrogens (primary N) is 1. The smallest absolute Gasteiger partial charge is 0.199 e. The summed E-state index contributed by atoms with van der Waals surface area (Å²) in [5, 5.41) is 6.56. The highest BCUT2D eigenvalue weighted by molar-refractivity contribution is 7.71. The molecular formula is C9H9FN4S. The minimum absolute atomic E-state index is 0.240. The zero-order valence-electron chi connectivity index (χ0n) is 7.77. The number of aromatic amines is 1. The Labute approximate surface area is 90.5 Å². The van der Waals surface area contributed by atoms with Crippen LogP contribution in [0, 0.1) is 10.6 Å². The largest absolute Gasteiger partial charge is 0.324 e. The Hall–Kier alpha value is -1.53. The highest BCUT2D eigenvalue weighted by Crippen LogP contribution is 2.12. The molecule has 1 aromatic heterocycles. The molecule has 0 saturated heterocycles. The molecule has 0 radical (unpaired) electrons. The number of benzene rings is 1. The lowest BCUT2D eigenvalue weighted by Gasteiger charge is -2.04. The van der Waals surface area contributed by atoms with Gasteiger partial charge >= 0.3 is 0 Å². The molecule has 0 bridgehead atoms. The second-order valence-corrected chi connectivity index (χ2v) is 3.35. The number of H-pyrrole nitrogens is 1. The molecule has 2 rings (SSSR count). The maximum absolute atomic E-state index is 13.0. The van der Waals surface area contributed by atoms with Gasteiger partial charge in [-0.2, -0.15) is 5.10 Å². The van der Waals surface area contributed by atoms with E-state index in [0.717, 1.165) is 0 Å². The van der Waals surface area contributed by atoms with E-state index in [9.17, 15) is 4.39 Å². The third-order valence-corrected chi connectivity index (χ3v) is 2.26. The summed E-state index contributed by atoms with van der Waals surface area (Å²) in [4.78, 5) is 0. The molecule has 1 heterocycles. The topological polar surface area (TPSA) is 59.6 Å². The summed E-state index contributed by atoms with van der Waals surface area (Å²) >= 11 is 5.03. The second kappa shape index (κ2) is 3.92. The zero-order valence-corrected chi connectivity index (χ0v) is 8.59. The molecule has 0 saturated carbocycles. The van der Waals surface area contributed by atoms with Crippen molar-refractivity contribution in [2.75, 3.05) is 0 Å². The Morgan fingerprint density at radius 3 is 3.00 bits per heavy atom. The van der Waals surface area contributed by atoms with Crippen molar-refractivity contribution in [2.24, 2.45) is 5.73 Å². The number of nitrogens with one attached hydrogen (secondary N) is 1. The standard InChI is InChI=1S/C9H9FN4S/c10-6-2-1-3-7(4-6)14-8(5-11)12-13-9(14)15/h1-4H,5,11H2,(H,13,15). The predicted molar refractivity (Wildman–Crippen MR) is 56.6 cm³/mol. The Morgan fingerprint density at radius 2 is 2.33 bits per heavy atom. The summed E-state index contributed by atoms with van der Waals surface area (Å²) in [5.74, 6) is 0.254. The predicted octanol–water partition coefficient (Wildman–Crippen LogP) is 1.53. The molecule has 0 atom stereocenters. The number of aromatic nitrogens is 3. The van der Waals surface area contributed by atoms with E-state index in [-0.39, 0.29) is 12.4 Å². The van der Waals surface area contributed by atoms with Crippen molar-refractivity contribution in [3.05, 3.63) is 40.7 Å². The van der Waals surface area contributed by atoms with Gasteiger partial charge in [-0.25, -0.2) is 4.39 Å². The van der Waals surface area contributed by atoms with Crippen molar-refractivity contribution < 1.29 is 4.39 Å². The molecule has 78 valence electrons. The molecule has 0 amide bonds. The van der Waals surface area contributed by atoms with E-state index < -0.39 is 0 Å². The fourth-order valence-electron chi connectivity index (χ4n) is 1.35. The van der Waals surface area contributed by atoms with Crippen LogP contribution in [0.3, 0.4) is 0 Å². The van der Waals surface area contributed by atoms with Crippen LogP contribution in [-0.2, 0) is 6.54 Å². The average molecular weight is 224 g/mol. The molecule has 0 spiro atoms. The maximum Gasteiger partial charge on any atom is 0.199 e. The van der Waals surface area contributed by atoms with Crippen LogP contribution >= 0.6 is 12.2 Å². The minimum atomic E-state index is -0.321. The van der Waals surface area contributed by atoms with Gasteiger partial charge in [0.2, 0.25) is 0 Å². The van der Waals surface area contributed by atoms with Gasteiger partial charge in [-0.05, 0) is 30.4 Å². The van der Waals surface area contributed by atoms with Crippen molar-refractivity contribution in [1.82, 2.24) is 14.8 Å². The molecule has 0 unspecified atom stereocenters. The van der Waals surface area contributed by atoms with Gasteiger partial charge in [0.05, 0.1) is 12.2 Å². The molecule has 1 aromatic carbocycles. The number of halogens is 1. The normalized spacial score (nSPS) is 10.5. The van der Waals surface area contributed by atoms with E-state index in [1.54, 1.807) is 16.7 Å². The number of rotatable bonds is 2. The third-order valence-electron chi connectivity index (χ3n) is 1.99. The molecule has 3 N–H and O–H groups in total. The van der Waals surface area contributed by atoms with Crippen molar-refractivity contribution >= 4 is 12.2 Å². The van der Waals surface area contributed by atoms with Crippen LogP contribution in [-0.4, -0.2) is 14.8 Å². The van der Waals surface area contributed by atoms with Gasteiger partial charge in [0, 0.05) is 0 Å². The summed E-state index contributed by atoms with van der Waals surface area (Å²) in [7, 11) is 0. The number of hydrogen-bond donors (Lipinski definition) is 2. The Morgan fingerprint density at radius 1 is 1.53 bits per heavy atom. The van der Waals surface area contributed by atoms with Gasteiger partial charge in [-0.1, -0.05) is 6.07 Å². The minimum Gasteiger partial charge on any atom is -0.324 e. The second-order valence-electron chi connectivity index (χ2n) is 2.96. The summed E-state index contributed by atoms with van der Waals surface area (Å²) in [5.41, 5.74) is 6.12. The van der Waals surface area contributed by atoms with E-state index in [1.165, 1.54) is 12.1 Å². The van der Waals surface area contributed by atoms with E-state index in [4.69, 9.17) is 18.0 Å². The Balaban J connectivity index is 2.62. The first-order valence-electron chi connectivity index (χ1n) is 4.34. The van der Waals surface area contributed by atoms with Gasteiger partial charge < -0.3 is 5.73 Å². The van der Waals surface area contributed by atoms with Gasteiger partial charge in [0.15, 0.2) is 4.77 Å². The lowest BCUT2D eigenvalue weighted by atomic mass is 10.3. The van der Waals surface area contributed by atoms with Crippen molar-refractivity contribution in [3.63, 3.8) is 0 Å². The molecule has 0 fully saturated rings. The van der Waals surface area contributed by atoms with Gasteiger partial charge in [-0.15, -0.1) is 0 Å². The van der Waals surface area contributed by atoms with E-state index >= 15 is 0 Å². The highest BCUT2D eigenvalue weighted by atomic mass is 32.1. The molecular weight excluding hydrogens is 215 g/mol. The van der Waals surface area contributed by atoms with Crippen LogP contribution in [0.1, 0.15) is 5.82 Å². The van der Waals surface area contributed by atoms with E-state index in [0.29, 0.717) is 16.3 Å². The Bertz CT molecular complexity index is 531. The molecule has 6 heteroatoms. The monoisotopic (exact) mass is 224 g/mol. The van der Waals surface area contributed by atoms with Crippen LogP contribution in [0.5, 0.6) is 0 Å². The van der Waals surface area contributed by atoms with Crippen LogP contribution < -0.4 is 5.73 Å². The van der Waals surface area contributed by atoms with Gasteiger partial charge in [0.1, 0.15) is 11.6 Å². The van der Waals surface area contributed by atoms with E-state index in [2.05, 4.69) is 10.2 Å². The van der Waals surface area contributed by atoms with E-state index in [1.807, 2.05) is 0 Å². The highest BCUT2D eigenvalue weighted by Gasteiger charge is 2.06. The van der Waals surface area contributed by atoms with Crippen LogP contribution in [0.25, 0.3) is 5.69 Å². The van der Waals surface area contributed by atoms with Gasteiger partial charge in [-0.3, -0.25) is 9.67 Å². The fraction of sp³-hybridized carbons (Fsp3) is 0.111. The summed E-state index contributed by atoms with van der Waals surface area (Å²) < 4.78 is 15.0. The SMILES string of the molecule is NCc1n[nH]c(=S)n1-c1cccc(F)c1. The van der Waals surface area contributed by atoms with Crippen LogP contribution in [0.15, 0.2) is 24.3 Å². The average Bonchev–Trinajstić information content (AvgIpc) is 2.59. The Kier molecular flexibility index (Phi) is 2.61. The van der Waals surface area contributed by atoms with Crippen LogP contribution in [0.4, 0.5) is 4.39 Å². The zero-order chi connectivity index (χ0) is 10.8. The number of hydrogen-bond acceptors (Lipinski definition) is 3. The molecule has 0 aliphatic carbocycles.